The molecular weight excluding hydrogens is 264 g/mol. The van der Waals surface area contributed by atoms with E-state index in [1.54, 1.807) is 31.3 Å². The lowest BCUT2D eigenvalue weighted by molar-refractivity contribution is -0.0156. The van der Waals surface area contributed by atoms with E-state index in [1.807, 2.05) is 6.92 Å². The van der Waals surface area contributed by atoms with E-state index in [0.717, 1.165) is 5.57 Å². The number of fused-ring (bicyclic) bond motifs is 1. The van der Waals surface area contributed by atoms with Crippen molar-refractivity contribution in [1.29, 1.82) is 0 Å². The van der Waals surface area contributed by atoms with Crippen molar-refractivity contribution in [3.63, 3.8) is 0 Å². The minimum absolute atomic E-state index is 0.193. The summed E-state index contributed by atoms with van der Waals surface area (Å²) in [5, 5.41) is 10.4. The zero-order valence-corrected chi connectivity index (χ0v) is 11.5. The standard InChI is InChI=1S/C13H14N2O3S/c1-9-7-13(2,16)15(8-9)12-10-5-3-4-6-11(10)19(17,18)14-12/h3-6,8,16H,7H2,1-2H3/t13-/m1/s1. The Morgan fingerprint density at radius 3 is 2.68 bits per heavy atom. The van der Waals surface area contributed by atoms with Gasteiger partial charge in [-0.15, -0.1) is 4.40 Å². The fraction of sp³-hybridized carbons (Fsp3) is 0.308. The lowest BCUT2D eigenvalue weighted by Gasteiger charge is -2.30. The van der Waals surface area contributed by atoms with Gasteiger partial charge in [-0.25, -0.2) is 0 Å². The number of sulfonamides is 1. The van der Waals surface area contributed by atoms with E-state index in [1.165, 1.54) is 11.0 Å². The molecule has 6 heteroatoms. The first-order chi connectivity index (χ1) is 8.81. The van der Waals surface area contributed by atoms with Crippen LogP contribution in [0.5, 0.6) is 0 Å². The number of nitrogens with zero attached hydrogens (tertiary/aromatic N) is 2. The van der Waals surface area contributed by atoms with E-state index < -0.39 is 15.7 Å². The molecule has 1 N–H and O–H groups in total. The van der Waals surface area contributed by atoms with Gasteiger partial charge in [0.05, 0.1) is 0 Å². The lowest BCUT2D eigenvalue weighted by Crippen LogP contribution is -2.43. The van der Waals surface area contributed by atoms with Crippen LogP contribution in [0.2, 0.25) is 0 Å². The molecule has 0 amide bonds. The fourth-order valence-electron chi connectivity index (χ4n) is 2.57. The summed E-state index contributed by atoms with van der Waals surface area (Å²) in [6.07, 6.45) is 2.21. The Morgan fingerprint density at radius 2 is 2.05 bits per heavy atom. The summed E-state index contributed by atoms with van der Waals surface area (Å²) in [5.74, 6) is 0.289. The molecule has 2 aliphatic rings. The maximum atomic E-state index is 12.0. The SMILES string of the molecule is CC1=CN(C2=NS(=O)(=O)c3ccccc32)[C@](C)(O)C1. The van der Waals surface area contributed by atoms with Gasteiger partial charge in [0.2, 0.25) is 0 Å². The van der Waals surface area contributed by atoms with Gasteiger partial charge in [0.25, 0.3) is 10.0 Å². The smallest absolute Gasteiger partial charge is 0.285 e. The van der Waals surface area contributed by atoms with Crippen LogP contribution in [0.4, 0.5) is 0 Å². The summed E-state index contributed by atoms with van der Waals surface area (Å²) < 4.78 is 27.8. The first-order valence-electron chi connectivity index (χ1n) is 5.95. The predicted octanol–water partition coefficient (Wildman–Crippen LogP) is 1.45. The zero-order valence-electron chi connectivity index (χ0n) is 10.7. The third-order valence-electron chi connectivity index (χ3n) is 3.32. The van der Waals surface area contributed by atoms with Crippen LogP contribution in [0, 0.1) is 0 Å². The van der Waals surface area contributed by atoms with Gasteiger partial charge in [-0.2, -0.15) is 8.42 Å². The predicted molar refractivity (Wildman–Crippen MR) is 71.0 cm³/mol. The van der Waals surface area contributed by atoms with E-state index in [4.69, 9.17) is 0 Å². The summed E-state index contributed by atoms with van der Waals surface area (Å²) in [6.45, 7) is 3.54. The maximum absolute atomic E-state index is 12.0. The maximum Gasteiger partial charge on any atom is 0.285 e. The monoisotopic (exact) mass is 278 g/mol. The molecule has 2 aliphatic heterocycles. The molecule has 0 fully saturated rings. The Balaban J connectivity index is 2.19. The average molecular weight is 278 g/mol. The van der Waals surface area contributed by atoms with Crippen molar-refractivity contribution in [2.75, 3.05) is 0 Å². The van der Waals surface area contributed by atoms with Gasteiger partial charge in [0.1, 0.15) is 10.6 Å². The summed E-state index contributed by atoms with van der Waals surface area (Å²) in [7, 11) is -3.65. The zero-order chi connectivity index (χ0) is 13.8. The van der Waals surface area contributed by atoms with Crippen LogP contribution in [0.1, 0.15) is 25.8 Å². The first-order valence-corrected chi connectivity index (χ1v) is 7.39. The van der Waals surface area contributed by atoms with Gasteiger partial charge in [0.15, 0.2) is 5.84 Å². The number of rotatable bonds is 0. The summed E-state index contributed by atoms with van der Waals surface area (Å²) in [5.41, 5.74) is 0.374. The highest BCUT2D eigenvalue weighted by Gasteiger charge is 2.41. The molecule has 0 saturated heterocycles. The Morgan fingerprint density at radius 1 is 1.37 bits per heavy atom. The number of hydrogen-bond acceptors (Lipinski definition) is 4. The quantitative estimate of drug-likeness (QED) is 0.780. The summed E-state index contributed by atoms with van der Waals surface area (Å²) >= 11 is 0. The van der Waals surface area contributed by atoms with Crippen molar-refractivity contribution in [3.8, 4) is 0 Å². The lowest BCUT2D eigenvalue weighted by atomic mass is 10.1. The fourth-order valence-corrected chi connectivity index (χ4v) is 3.77. The molecule has 0 radical (unpaired) electrons. The molecule has 1 atom stereocenters. The van der Waals surface area contributed by atoms with Gasteiger partial charge in [0, 0.05) is 18.2 Å². The van der Waals surface area contributed by atoms with Crippen LogP contribution in [0.25, 0.3) is 0 Å². The largest absolute Gasteiger partial charge is 0.370 e. The number of amidine groups is 1. The Hall–Kier alpha value is -1.66. The Kier molecular flexibility index (Phi) is 2.40. The molecule has 19 heavy (non-hydrogen) atoms. The first kappa shape index (κ1) is 12.4. The van der Waals surface area contributed by atoms with Crippen molar-refractivity contribution in [1.82, 2.24) is 4.90 Å². The van der Waals surface area contributed by atoms with E-state index in [9.17, 15) is 13.5 Å². The third kappa shape index (κ3) is 1.79. The van der Waals surface area contributed by atoms with Gasteiger partial charge < -0.3 is 10.0 Å². The van der Waals surface area contributed by atoms with Crippen LogP contribution >= 0.6 is 0 Å². The topological polar surface area (TPSA) is 70.0 Å². The van der Waals surface area contributed by atoms with Crippen molar-refractivity contribution < 1.29 is 13.5 Å². The molecule has 100 valence electrons. The second-order valence-electron chi connectivity index (χ2n) is 5.13. The molecule has 1 aromatic carbocycles. The highest BCUT2D eigenvalue weighted by atomic mass is 32.2. The van der Waals surface area contributed by atoms with Gasteiger partial charge in [-0.3, -0.25) is 0 Å². The van der Waals surface area contributed by atoms with Crippen molar-refractivity contribution >= 4 is 15.9 Å². The summed E-state index contributed by atoms with van der Waals surface area (Å²) in [6, 6.07) is 6.66. The van der Waals surface area contributed by atoms with Crippen molar-refractivity contribution in [2.24, 2.45) is 4.40 Å². The molecule has 3 rings (SSSR count). The number of benzene rings is 1. The number of aliphatic hydroxyl groups is 1. The van der Waals surface area contributed by atoms with Crippen LogP contribution in [0.3, 0.4) is 0 Å². The molecule has 0 saturated carbocycles. The van der Waals surface area contributed by atoms with Crippen LogP contribution < -0.4 is 0 Å². The molecule has 0 spiro atoms. The van der Waals surface area contributed by atoms with E-state index in [-0.39, 0.29) is 10.7 Å². The second-order valence-corrected chi connectivity index (χ2v) is 6.70. The Labute approximate surface area is 111 Å². The molecule has 0 unspecified atom stereocenters. The van der Waals surface area contributed by atoms with Gasteiger partial charge in [-0.05, 0) is 26.0 Å². The normalized spacial score (nSPS) is 28.1. The van der Waals surface area contributed by atoms with E-state index in [2.05, 4.69) is 4.40 Å². The van der Waals surface area contributed by atoms with Crippen LogP contribution in [-0.2, 0) is 10.0 Å². The molecule has 0 aliphatic carbocycles. The van der Waals surface area contributed by atoms with Gasteiger partial charge in [-0.1, -0.05) is 17.7 Å². The van der Waals surface area contributed by atoms with E-state index in [0.29, 0.717) is 12.0 Å². The van der Waals surface area contributed by atoms with Crippen LogP contribution in [-0.4, -0.2) is 30.0 Å². The molecule has 2 heterocycles. The average Bonchev–Trinajstić information content (AvgIpc) is 2.73. The van der Waals surface area contributed by atoms with Crippen molar-refractivity contribution in [2.45, 2.75) is 30.9 Å². The number of hydrogen-bond donors (Lipinski definition) is 1. The minimum atomic E-state index is -3.65. The molecule has 1 aromatic rings. The molecule has 0 aromatic heterocycles. The van der Waals surface area contributed by atoms with Crippen LogP contribution in [0.15, 0.2) is 45.3 Å². The van der Waals surface area contributed by atoms with Gasteiger partial charge >= 0.3 is 0 Å². The minimum Gasteiger partial charge on any atom is -0.370 e. The highest BCUT2D eigenvalue weighted by Crippen LogP contribution is 2.35. The highest BCUT2D eigenvalue weighted by molar-refractivity contribution is 7.90. The summed E-state index contributed by atoms with van der Waals surface area (Å²) in [4.78, 5) is 1.73. The molecule has 0 bridgehead atoms. The third-order valence-corrected chi connectivity index (χ3v) is 4.65. The molecular formula is C13H14N2O3S. The Bertz CT molecular complexity index is 717. The van der Waals surface area contributed by atoms with Crippen molar-refractivity contribution in [3.05, 3.63) is 41.6 Å². The second kappa shape index (κ2) is 3.68. The molecule has 5 nitrogen and oxygen atoms in total. The van der Waals surface area contributed by atoms with E-state index >= 15 is 0 Å².